The number of carbonyl (C=O) groups excluding carboxylic acids is 2. The SMILES string of the molecule is COc1ccc(CC(=O)N(C(=N)N)[C@H](Cc2ccccc2)C(=O)NCc2cccc(-n3ccnc3C)c2)cc1OC. The summed E-state index contributed by atoms with van der Waals surface area (Å²) in [5.41, 5.74) is 9.18. The van der Waals surface area contributed by atoms with Crippen LogP contribution in [0.15, 0.2) is 85.2 Å². The number of hydrogen-bond donors (Lipinski definition) is 3. The largest absolute Gasteiger partial charge is 0.493 e. The Labute approximate surface area is 239 Å². The number of nitrogens with two attached hydrogens (primary N) is 1. The number of ether oxygens (including phenoxy) is 2. The van der Waals surface area contributed by atoms with E-state index in [0.29, 0.717) is 17.1 Å². The molecular formula is C31H34N6O4. The number of carbonyl (C=O) groups is 2. The molecule has 0 aliphatic carbocycles. The van der Waals surface area contributed by atoms with E-state index in [0.717, 1.165) is 27.5 Å². The zero-order valence-corrected chi connectivity index (χ0v) is 23.3. The average molecular weight is 555 g/mol. The Hall–Kier alpha value is -5.12. The van der Waals surface area contributed by atoms with E-state index in [1.807, 2.05) is 72.3 Å². The molecule has 0 spiro atoms. The number of aryl methyl sites for hydroxylation is 1. The lowest BCUT2D eigenvalue weighted by molar-refractivity contribution is -0.135. The summed E-state index contributed by atoms with van der Waals surface area (Å²) >= 11 is 0. The number of hydrogen-bond acceptors (Lipinski definition) is 6. The van der Waals surface area contributed by atoms with Gasteiger partial charge in [-0.2, -0.15) is 0 Å². The maximum Gasteiger partial charge on any atom is 0.243 e. The molecule has 0 bridgehead atoms. The highest BCUT2D eigenvalue weighted by Crippen LogP contribution is 2.28. The van der Waals surface area contributed by atoms with Gasteiger partial charge in [-0.25, -0.2) is 4.98 Å². The van der Waals surface area contributed by atoms with Gasteiger partial charge in [0.15, 0.2) is 17.5 Å². The number of guanidine groups is 1. The van der Waals surface area contributed by atoms with Gasteiger partial charge in [0.2, 0.25) is 11.8 Å². The van der Waals surface area contributed by atoms with Gasteiger partial charge in [-0.05, 0) is 47.9 Å². The minimum Gasteiger partial charge on any atom is -0.493 e. The Morgan fingerprint density at radius 1 is 0.976 bits per heavy atom. The lowest BCUT2D eigenvalue weighted by Crippen LogP contribution is -2.55. The van der Waals surface area contributed by atoms with Gasteiger partial charge in [0.25, 0.3) is 0 Å². The second-order valence-corrected chi connectivity index (χ2v) is 9.45. The van der Waals surface area contributed by atoms with Crippen LogP contribution in [0.3, 0.4) is 0 Å². The van der Waals surface area contributed by atoms with Crippen molar-refractivity contribution in [3.63, 3.8) is 0 Å². The van der Waals surface area contributed by atoms with Crippen molar-refractivity contribution < 1.29 is 19.1 Å². The molecule has 0 aliphatic heterocycles. The molecule has 0 radical (unpaired) electrons. The van der Waals surface area contributed by atoms with E-state index >= 15 is 0 Å². The van der Waals surface area contributed by atoms with Crippen LogP contribution >= 0.6 is 0 Å². The minimum atomic E-state index is -1.04. The monoisotopic (exact) mass is 554 g/mol. The van der Waals surface area contributed by atoms with Gasteiger partial charge in [-0.1, -0.05) is 48.5 Å². The number of methoxy groups -OCH3 is 2. The van der Waals surface area contributed by atoms with Crippen molar-refractivity contribution >= 4 is 17.8 Å². The first-order valence-corrected chi connectivity index (χ1v) is 13.1. The first-order chi connectivity index (χ1) is 19.8. The van der Waals surface area contributed by atoms with Crippen molar-refractivity contribution in [2.45, 2.75) is 32.4 Å². The highest BCUT2D eigenvalue weighted by molar-refractivity contribution is 6.01. The van der Waals surface area contributed by atoms with Gasteiger partial charge in [-0.15, -0.1) is 0 Å². The van der Waals surface area contributed by atoms with Crippen LogP contribution in [-0.4, -0.2) is 52.5 Å². The third-order valence-electron chi connectivity index (χ3n) is 6.70. The third-order valence-corrected chi connectivity index (χ3v) is 6.70. The Morgan fingerprint density at radius 2 is 1.71 bits per heavy atom. The van der Waals surface area contributed by atoms with Crippen LogP contribution in [0.25, 0.3) is 5.69 Å². The van der Waals surface area contributed by atoms with Crippen LogP contribution in [0.2, 0.25) is 0 Å². The van der Waals surface area contributed by atoms with Crippen molar-refractivity contribution in [1.82, 2.24) is 19.8 Å². The molecule has 41 heavy (non-hydrogen) atoms. The van der Waals surface area contributed by atoms with Crippen LogP contribution in [0.5, 0.6) is 11.5 Å². The molecule has 2 amide bonds. The second-order valence-electron chi connectivity index (χ2n) is 9.45. The molecule has 212 valence electrons. The standard InChI is InChI=1S/C31H34N6O4/c1-21-34-14-15-36(21)25-11-7-10-24(16-25)20-35-30(39)26(17-22-8-5-4-6-9-22)37(31(32)33)29(38)19-23-12-13-27(40-2)28(18-23)41-3/h4-16,18,26H,17,19-20H2,1-3H3,(H3,32,33)(H,35,39)/t26-/m1/s1. The van der Waals surface area contributed by atoms with Gasteiger partial charge >= 0.3 is 0 Å². The molecule has 4 N–H and O–H groups in total. The number of rotatable bonds is 11. The first-order valence-electron chi connectivity index (χ1n) is 13.1. The van der Waals surface area contributed by atoms with Crippen LogP contribution < -0.4 is 20.5 Å². The fourth-order valence-corrected chi connectivity index (χ4v) is 4.64. The number of amides is 2. The predicted octanol–water partition coefficient (Wildman–Crippen LogP) is 3.39. The first kappa shape index (κ1) is 28.9. The van der Waals surface area contributed by atoms with E-state index in [1.54, 1.807) is 24.4 Å². The normalized spacial score (nSPS) is 11.4. The summed E-state index contributed by atoms with van der Waals surface area (Å²) in [6.45, 7) is 2.14. The van der Waals surface area contributed by atoms with E-state index < -0.39 is 23.8 Å². The van der Waals surface area contributed by atoms with E-state index in [9.17, 15) is 9.59 Å². The fourth-order valence-electron chi connectivity index (χ4n) is 4.64. The summed E-state index contributed by atoms with van der Waals surface area (Å²) in [5.74, 6) is 0.426. The molecule has 4 rings (SSSR count). The number of aromatic nitrogens is 2. The van der Waals surface area contributed by atoms with Gasteiger partial charge in [-0.3, -0.25) is 19.9 Å². The summed E-state index contributed by atoms with van der Waals surface area (Å²) in [6.07, 6.45) is 3.69. The molecule has 10 nitrogen and oxygen atoms in total. The van der Waals surface area contributed by atoms with E-state index in [-0.39, 0.29) is 19.4 Å². The van der Waals surface area contributed by atoms with Crippen molar-refractivity contribution in [3.05, 3.63) is 108 Å². The summed E-state index contributed by atoms with van der Waals surface area (Å²) in [7, 11) is 3.04. The zero-order valence-electron chi connectivity index (χ0n) is 23.3. The molecule has 4 aromatic rings. The Morgan fingerprint density at radius 3 is 2.37 bits per heavy atom. The van der Waals surface area contributed by atoms with Gasteiger partial charge < -0.3 is 25.1 Å². The molecule has 3 aromatic carbocycles. The Balaban J connectivity index is 1.57. The fraction of sp³-hybridized carbons (Fsp3) is 0.226. The number of nitrogens with one attached hydrogen (secondary N) is 2. The van der Waals surface area contributed by atoms with Crippen molar-refractivity contribution in [1.29, 1.82) is 5.41 Å². The van der Waals surface area contributed by atoms with Crippen molar-refractivity contribution in [2.75, 3.05) is 14.2 Å². The van der Waals surface area contributed by atoms with Gasteiger partial charge in [0, 0.05) is 31.0 Å². The maximum atomic E-state index is 13.7. The average Bonchev–Trinajstić information content (AvgIpc) is 3.41. The molecule has 1 atom stereocenters. The molecule has 1 aromatic heterocycles. The highest BCUT2D eigenvalue weighted by atomic mass is 16.5. The summed E-state index contributed by atoms with van der Waals surface area (Å²) in [5, 5.41) is 11.2. The molecule has 0 saturated carbocycles. The lowest BCUT2D eigenvalue weighted by atomic mass is 10.0. The Bertz CT molecular complexity index is 1520. The molecule has 0 aliphatic rings. The van der Waals surface area contributed by atoms with Crippen molar-refractivity contribution in [3.8, 4) is 17.2 Å². The molecule has 1 heterocycles. The molecule has 0 unspecified atom stereocenters. The topological polar surface area (TPSA) is 136 Å². The van der Waals surface area contributed by atoms with E-state index in [1.165, 1.54) is 14.2 Å². The van der Waals surface area contributed by atoms with E-state index in [4.69, 9.17) is 20.6 Å². The Kier molecular flexibility index (Phi) is 9.36. The molecular weight excluding hydrogens is 520 g/mol. The number of nitrogens with zero attached hydrogens (tertiary/aromatic N) is 3. The van der Waals surface area contributed by atoms with Crippen LogP contribution in [0.1, 0.15) is 22.5 Å². The smallest absolute Gasteiger partial charge is 0.243 e. The highest BCUT2D eigenvalue weighted by Gasteiger charge is 2.32. The number of benzene rings is 3. The van der Waals surface area contributed by atoms with Crippen LogP contribution in [-0.2, 0) is 29.0 Å². The van der Waals surface area contributed by atoms with Gasteiger partial charge in [0.1, 0.15) is 11.9 Å². The summed E-state index contributed by atoms with van der Waals surface area (Å²) in [6, 6.07) is 21.2. The second kappa shape index (κ2) is 13.3. The minimum absolute atomic E-state index is 0.0925. The quantitative estimate of drug-likeness (QED) is 0.192. The molecule has 0 fully saturated rings. The molecule has 0 saturated heterocycles. The predicted molar refractivity (Wildman–Crippen MR) is 156 cm³/mol. The van der Waals surface area contributed by atoms with Crippen LogP contribution in [0.4, 0.5) is 0 Å². The van der Waals surface area contributed by atoms with E-state index in [2.05, 4.69) is 10.3 Å². The summed E-state index contributed by atoms with van der Waals surface area (Å²) in [4.78, 5) is 32.6. The number of imidazole rings is 1. The third kappa shape index (κ3) is 7.10. The molecule has 10 heteroatoms. The van der Waals surface area contributed by atoms with Gasteiger partial charge in [0.05, 0.1) is 20.6 Å². The lowest BCUT2D eigenvalue weighted by Gasteiger charge is -2.30. The maximum absolute atomic E-state index is 13.7. The zero-order chi connectivity index (χ0) is 29.4. The summed E-state index contributed by atoms with van der Waals surface area (Å²) < 4.78 is 12.6. The van der Waals surface area contributed by atoms with Crippen LogP contribution in [0, 0.1) is 12.3 Å². The van der Waals surface area contributed by atoms with Crippen molar-refractivity contribution in [2.24, 2.45) is 5.73 Å².